The maximum Gasteiger partial charge on any atom is 0.248 e. The summed E-state index contributed by atoms with van der Waals surface area (Å²) in [5, 5.41) is 2.90. The maximum absolute atomic E-state index is 14.0. The van der Waals surface area contributed by atoms with Crippen molar-refractivity contribution in [3.05, 3.63) is 84.2 Å². The Balaban J connectivity index is 1.44. The van der Waals surface area contributed by atoms with Gasteiger partial charge in [-0.15, -0.1) is 0 Å². The predicted octanol–water partition coefficient (Wildman–Crippen LogP) is 3.87. The van der Waals surface area contributed by atoms with Gasteiger partial charge >= 0.3 is 0 Å². The first-order chi connectivity index (χ1) is 18.4. The van der Waals surface area contributed by atoms with Gasteiger partial charge in [-0.25, -0.2) is 9.29 Å². The van der Waals surface area contributed by atoms with Gasteiger partial charge < -0.3 is 19.7 Å². The Hall–Kier alpha value is -4.66. The Labute approximate surface area is 218 Å². The lowest BCUT2D eigenvalue weighted by Crippen LogP contribution is -2.50. The number of halogens is 1. The minimum Gasteiger partial charge on any atom is -0.497 e. The van der Waals surface area contributed by atoms with Gasteiger partial charge in [0.2, 0.25) is 17.7 Å². The van der Waals surface area contributed by atoms with Gasteiger partial charge in [0.25, 0.3) is 0 Å². The third-order valence-corrected chi connectivity index (χ3v) is 7.41. The van der Waals surface area contributed by atoms with Crippen LogP contribution in [0.3, 0.4) is 0 Å². The zero-order valence-corrected chi connectivity index (χ0v) is 20.6. The molecule has 3 aromatic rings. The van der Waals surface area contributed by atoms with E-state index in [0.29, 0.717) is 17.2 Å². The monoisotopic (exact) mass is 513 g/mol. The van der Waals surface area contributed by atoms with E-state index in [0.717, 1.165) is 22.2 Å². The fourth-order valence-corrected chi connectivity index (χ4v) is 5.80. The van der Waals surface area contributed by atoms with Crippen molar-refractivity contribution in [1.82, 2.24) is 0 Å². The van der Waals surface area contributed by atoms with Crippen LogP contribution in [0.25, 0.3) is 6.08 Å². The van der Waals surface area contributed by atoms with Crippen molar-refractivity contribution in [3.8, 4) is 11.5 Å². The van der Waals surface area contributed by atoms with Crippen molar-refractivity contribution in [2.75, 3.05) is 29.3 Å². The summed E-state index contributed by atoms with van der Waals surface area (Å²) in [6.45, 7) is 0. The zero-order chi connectivity index (χ0) is 26.6. The van der Waals surface area contributed by atoms with Gasteiger partial charge in [0.15, 0.2) is 0 Å². The van der Waals surface area contributed by atoms with Crippen molar-refractivity contribution < 1.29 is 28.2 Å². The molecule has 6 rings (SSSR count). The quantitative estimate of drug-likeness (QED) is 0.522. The molecule has 2 fully saturated rings. The number of fused-ring (bicyclic) bond motifs is 5. The smallest absolute Gasteiger partial charge is 0.248 e. The van der Waals surface area contributed by atoms with E-state index < -0.39 is 47.5 Å². The Morgan fingerprint density at radius 3 is 2.47 bits per heavy atom. The number of carbonyl (C=O) groups is 3. The number of hydrogen-bond donors (Lipinski definition) is 1. The van der Waals surface area contributed by atoms with E-state index in [-0.39, 0.29) is 5.69 Å². The Kier molecular flexibility index (Phi) is 5.63. The molecule has 0 radical (unpaired) electrons. The highest BCUT2D eigenvalue weighted by molar-refractivity contribution is 6.25. The highest BCUT2D eigenvalue weighted by atomic mass is 19.1. The van der Waals surface area contributed by atoms with Crippen LogP contribution in [0.2, 0.25) is 0 Å². The second-order valence-corrected chi connectivity index (χ2v) is 9.36. The first kappa shape index (κ1) is 23.7. The molecule has 192 valence electrons. The topological polar surface area (TPSA) is 88.2 Å². The zero-order valence-electron chi connectivity index (χ0n) is 20.6. The SMILES string of the molecule is COc1ccc(OC)c(NC(=O)[C@H]2[C@H]3C(=O)N(c4cccc(F)c4)C(=O)[C@H]3[C@@H]3C=Cc4ccccc4N32)c1. The van der Waals surface area contributed by atoms with Crippen LogP contribution in [-0.4, -0.2) is 44.0 Å². The number of nitrogens with zero attached hydrogens (tertiary/aromatic N) is 2. The normalized spacial score (nSPS) is 23.1. The minimum absolute atomic E-state index is 0.148. The summed E-state index contributed by atoms with van der Waals surface area (Å²) < 4.78 is 24.8. The largest absolute Gasteiger partial charge is 0.497 e. The van der Waals surface area contributed by atoms with Crippen molar-refractivity contribution in [2.45, 2.75) is 12.1 Å². The van der Waals surface area contributed by atoms with Crippen LogP contribution in [0.15, 0.2) is 72.8 Å². The number of benzene rings is 3. The highest BCUT2D eigenvalue weighted by Gasteiger charge is 2.64. The summed E-state index contributed by atoms with van der Waals surface area (Å²) in [5.41, 5.74) is 2.15. The summed E-state index contributed by atoms with van der Waals surface area (Å²) >= 11 is 0. The van der Waals surface area contributed by atoms with Crippen molar-refractivity contribution >= 4 is 40.9 Å². The molecule has 1 N–H and O–H groups in total. The average Bonchev–Trinajstić information content (AvgIpc) is 3.41. The molecule has 0 unspecified atom stereocenters. The van der Waals surface area contributed by atoms with Crippen LogP contribution in [0, 0.1) is 17.7 Å². The molecule has 0 saturated carbocycles. The number of methoxy groups -OCH3 is 2. The molecule has 0 aromatic heterocycles. The third kappa shape index (κ3) is 3.53. The second kappa shape index (κ2) is 9.02. The van der Waals surface area contributed by atoms with Gasteiger partial charge in [-0.05, 0) is 42.0 Å². The number of rotatable bonds is 5. The molecular formula is C29H24FN3O5. The van der Waals surface area contributed by atoms with Crippen LogP contribution in [-0.2, 0) is 14.4 Å². The van der Waals surface area contributed by atoms with Crippen molar-refractivity contribution in [2.24, 2.45) is 11.8 Å². The van der Waals surface area contributed by atoms with E-state index in [1.54, 1.807) is 18.2 Å². The lowest BCUT2D eigenvalue weighted by Gasteiger charge is -2.36. The lowest BCUT2D eigenvalue weighted by atomic mass is 9.88. The van der Waals surface area contributed by atoms with Crippen molar-refractivity contribution in [3.63, 3.8) is 0 Å². The molecule has 0 aliphatic carbocycles. The van der Waals surface area contributed by atoms with Crippen LogP contribution < -0.4 is 24.6 Å². The number of hydrogen-bond acceptors (Lipinski definition) is 6. The summed E-state index contributed by atoms with van der Waals surface area (Å²) in [4.78, 5) is 44.5. The van der Waals surface area contributed by atoms with Gasteiger partial charge in [0.1, 0.15) is 23.4 Å². The molecular weight excluding hydrogens is 489 g/mol. The van der Waals surface area contributed by atoms with Crippen LogP contribution >= 0.6 is 0 Å². The van der Waals surface area contributed by atoms with E-state index in [1.807, 2.05) is 41.3 Å². The summed E-state index contributed by atoms with van der Waals surface area (Å²) in [7, 11) is 3.00. The fourth-order valence-electron chi connectivity index (χ4n) is 5.80. The molecule has 3 heterocycles. The third-order valence-electron chi connectivity index (χ3n) is 7.41. The summed E-state index contributed by atoms with van der Waals surface area (Å²) in [6.07, 6.45) is 3.77. The number of anilines is 3. The van der Waals surface area contributed by atoms with Gasteiger partial charge in [-0.2, -0.15) is 0 Å². The molecule has 38 heavy (non-hydrogen) atoms. The first-order valence-electron chi connectivity index (χ1n) is 12.1. The van der Waals surface area contributed by atoms with E-state index in [2.05, 4.69) is 5.32 Å². The van der Waals surface area contributed by atoms with Crippen LogP contribution in [0.5, 0.6) is 11.5 Å². The first-order valence-corrected chi connectivity index (χ1v) is 12.1. The summed E-state index contributed by atoms with van der Waals surface area (Å²) in [5.74, 6) is -2.91. The van der Waals surface area contributed by atoms with E-state index in [9.17, 15) is 18.8 Å². The number of nitrogens with one attached hydrogen (secondary N) is 1. The molecule has 9 heteroatoms. The molecule has 2 saturated heterocycles. The van der Waals surface area contributed by atoms with Crippen molar-refractivity contribution in [1.29, 1.82) is 0 Å². The van der Waals surface area contributed by atoms with Gasteiger partial charge in [-0.1, -0.05) is 36.4 Å². The minimum atomic E-state index is -1.01. The molecule has 3 aromatic carbocycles. The van der Waals surface area contributed by atoms with E-state index in [4.69, 9.17) is 9.47 Å². The van der Waals surface area contributed by atoms with Gasteiger partial charge in [0, 0.05) is 11.8 Å². The molecule has 3 aliphatic rings. The van der Waals surface area contributed by atoms with E-state index in [1.165, 1.54) is 32.4 Å². The molecule has 0 spiro atoms. The second-order valence-electron chi connectivity index (χ2n) is 9.36. The molecule has 8 nitrogen and oxygen atoms in total. The Morgan fingerprint density at radius 1 is 0.921 bits per heavy atom. The number of imide groups is 1. The maximum atomic E-state index is 14.0. The number of amides is 3. The fraction of sp³-hybridized carbons (Fsp3) is 0.207. The highest BCUT2D eigenvalue weighted by Crippen LogP contribution is 2.49. The number of ether oxygens (including phenoxy) is 2. The summed E-state index contributed by atoms with van der Waals surface area (Å²) in [6, 6.07) is 16.3. The Bertz CT molecular complexity index is 1510. The van der Waals surface area contributed by atoms with Gasteiger partial charge in [0.05, 0.1) is 43.5 Å². The average molecular weight is 514 g/mol. The van der Waals surface area contributed by atoms with Gasteiger partial charge in [-0.3, -0.25) is 14.4 Å². The predicted molar refractivity (Wildman–Crippen MR) is 140 cm³/mol. The number of carbonyl (C=O) groups excluding carboxylic acids is 3. The molecule has 3 aliphatic heterocycles. The molecule has 3 amide bonds. The molecule has 4 atom stereocenters. The molecule has 0 bridgehead atoms. The van der Waals surface area contributed by atoms with Crippen LogP contribution in [0.1, 0.15) is 5.56 Å². The Morgan fingerprint density at radius 2 is 1.71 bits per heavy atom. The number of para-hydroxylation sites is 1. The lowest BCUT2D eigenvalue weighted by molar-refractivity contribution is -0.126. The standard InChI is InChI=1S/C29H24FN3O5/c1-37-19-11-13-23(38-2)20(15-19)31-27(34)26-25-24(22-12-10-16-6-3-4-9-21(16)33(22)26)28(35)32(29(25)36)18-8-5-7-17(30)14-18/h3-15,22,24-26H,1-2H3,(H,31,34)/t22-,24-,25-,26+/m0/s1. The van der Waals surface area contributed by atoms with E-state index >= 15 is 0 Å². The van der Waals surface area contributed by atoms with Crippen LogP contribution in [0.4, 0.5) is 21.5 Å².